The van der Waals surface area contributed by atoms with Crippen LogP contribution < -0.4 is 11.1 Å². The molecule has 2 aromatic carbocycles. The predicted molar refractivity (Wildman–Crippen MR) is 107 cm³/mol. The maximum absolute atomic E-state index is 12.4. The van der Waals surface area contributed by atoms with Gasteiger partial charge in [-0.2, -0.15) is 0 Å². The zero-order valence-electron chi connectivity index (χ0n) is 15.7. The Hall–Kier alpha value is -2.21. The zero-order chi connectivity index (χ0) is 19.1. The van der Waals surface area contributed by atoms with Crippen LogP contribution in [0, 0.1) is 0 Å². The van der Waals surface area contributed by atoms with Gasteiger partial charge in [0.15, 0.2) is 0 Å². The molecule has 5 heteroatoms. The molecule has 2 aromatic rings. The molecule has 0 aromatic heterocycles. The summed E-state index contributed by atoms with van der Waals surface area (Å²) in [6, 6.07) is 17.5. The molecular formula is C22H29N3O2. The van der Waals surface area contributed by atoms with E-state index in [0.717, 1.165) is 43.6 Å². The van der Waals surface area contributed by atoms with E-state index < -0.39 is 6.04 Å². The number of likely N-dealkylation sites (tertiary alicyclic amines) is 1. The molecule has 1 amide bonds. The van der Waals surface area contributed by atoms with E-state index in [9.17, 15) is 9.90 Å². The molecule has 5 nitrogen and oxygen atoms in total. The van der Waals surface area contributed by atoms with Gasteiger partial charge in [0, 0.05) is 26.2 Å². The lowest BCUT2D eigenvalue weighted by molar-refractivity contribution is -0.122. The van der Waals surface area contributed by atoms with Crippen molar-refractivity contribution in [2.45, 2.75) is 44.5 Å². The Morgan fingerprint density at radius 1 is 1.07 bits per heavy atom. The van der Waals surface area contributed by atoms with Gasteiger partial charge in [-0.3, -0.25) is 9.69 Å². The maximum Gasteiger partial charge on any atom is 0.237 e. The number of carbonyl (C=O) groups excluding carboxylic acids is 1. The molecule has 3 rings (SSSR count). The van der Waals surface area contributed by atoms with Gasteiger partial charge in [0.05, 0.1) is 12.1 Å². The molecule has 0 spiro atoms. The smallest absolute Gasteiger partial charge is 0.237 e. The molecule has 27 heavy (non-hydrogen) atoms. The number of aliphatic hydroxyl groups excluding tert-OH is 1. The molecule has 0 radical (unpaired) electrons. The van der Waals surface area contributed by atoms with E-state index in [0.29, 0.717) is 13.0 Å². The SMILES string of the molecule is NC(Cc1ccccc1)C(=O)NCc1ccccc1CN1CCC(O)CC1. The molecular weight excluding hydrogens is 338 g/mol. The first kappa shape index (κ1) is 19.5. The summed E-state index contributed by atoms with van der Waals surface area (Å²) >= 11 is 0. The fourth-order valence-corrected chi connectivity index (χ4v) is 3.48. The fourth-order valence-electron chi connectivity index (χ4n) is 3.48. The van der Waals surface area contributed by atoms with Crippen LogP contribution in [0.2, 0.25) is 0 Å². The van der Waals surface area contributed by atoms with Gasteiger partial charge in [-0.1, -0.05) is 54.6 Å². The Kier molecular flexibility index (Phi) is 6.98. The predicted octanol–water partition coefficient (Wildman–Crippen LogP) is 1.83. The van der Waals surface area contributed by atoms with Crippen molar-refractivity contribution in [3.8, 4) is 0 Å². The topological polar surface area (TPSA) is 78.6 Å². The molecule has 1 unspecified atom stereocenters. The number of nitrogens with zero attached hydrogens (tertiary/aromatic N) is 1. The largest absolute Gasteiger partial charge is 0.393 e. The number of amides is 1. The lowest BCUT2D eigenvalue weighted by Crippen LogP contribution is -2.42. The van der Waals surface area contributed by atoms with Crippen LogP contribution in [0.4, 0.5) is 0 Å². The highest BCUT2D eigenvalue weighted by molar-refractivity contribution is 5.81. The first-order valence-electron chi connectivity index (χ1n) is 9.66. The van der Waals surface area contributed by atoms with E-state index in [1.807, 2.05) is 42.5 Å². The Bertz CT molecular complexity index is 727. The maximum atomic E-state index is 12.4. The summed E-state index contributed by atoms with van der Waals surface area (Å²) in [6.07, 6.45) is 2.02. The normalized spacial score (nSPS) is 16.8. The van der Waals surface area contributed by atoms with Crippen molar-refractivity contribution in [3.05, 3.63) is 71.3 Å². The first-order chi connectivity index (χ1) is 13.1. The number of nitrogens with one attached hydrogen (secondary N) is 1. The Morgan fingerprint density at radius 3 is 2.41 bits per heavy atom. The summed E-state index contributed by atoms with van der Waals surface area (Å²) in [5.74, 6) is -0.130. The fraction of sp³-hybridized carbons (Fsp3) is 0.409. The monoisotopic (exact) mass is 367 g/mol. The van der Waals surface area contributed by atoms with Crippen LogP contribution in [0.15, 0.2) is 54.6 Å². The second-order valence-electron chi connectivity index (χ2n) is 7.29. The van der Waals surface area contributed by atoms with Gasteiger partial charge in [0.1, 0.15) is 0 Å². The second kappa shape index (κ2) is 9.65. The molecule has 1 fully saturated rings. The Labute approximate surface area is 161 Å². The quantitative estimate of drug-likeness (QED) is 0.698. The van der Waals surface area contributed by atoms with Crippen molar-refractivity contribution in [2.24, 2.45) is 5.73 Å². The highest BCUT2D eigenvalue weighted by Crippen LogP contribution is 2.16. The number of aliphatic hydroxyl groups is 1. The Balaban J connectivity index is 1.53. The summed E-state index contributed by atoms with van der Waals surface area (Å²) in [4.78, 5) is 14.7. The number of hydrogen-bond acceptors (Lipinski definition) is 4. The number of benzene rings is 2. The molecule has 1 aliphatic rings. The standard InChI is InChI=1S/C22H29N3O2/c23-21(14-17-6-2-1-3-7-17)22(27)24-15-18-8-4-5-9-19(18)16-25-12-10-20(26)11-13-25/h1-9,20-21,26H,10-16,23H2,(H,24,27). The highest BCUT2D eigenvalue weighted by Gasteiger charge is 2.18. The van der Waals surface area contributed by atoms with Gasteiger partial charge in [-0.25, -0.2) is 0 Å². The molecule has 1 atom stereocenters. The Morgan fingerprint density at radius 2 is 1.70 bits per heavy atom. The molecule has 4 N–H and O–H groups in total. The van der Waals surface area contributed by atoms with E-state index in [2.05, 4.69) is 22.3 Å². The van der Waals surface area contributed by atoms with E-state index in [4.69, 9.17) is 5.73 Å². The van der Waals surface area contributed by atoms with Gasteiger partial charge >= 0.3 is 0 Å². The lowest BCUT2D eigenvalue weighted by Gasteiger charge is -2.30. The van der Waals surface area contributed by atoms with Crippen molar-refractivity contribution in [2.75, 3.05) is 13.1 Å². The van der Waals surface area contributed by atoms with Crippen LogP contribution in [0.3, 0.4) is 0 Å². The van der Waals surface area contributed by atoms with Crippen LogP contribution in [-0.2, 0) is 24.3 Å². The number of carbonyl (C=O) groups is 1. The van der Waals surface area contributed by atoms with E-state index in [1.165, 1.54) is 5.56 Å². The molecule has 144 valence electrons. The minimum atomic E-state index is -0.553. The van der Waals surface area contributed by atoms with Crippen LogP contribution in [0.5, 0.6) is 0 Å². The number of rotatable bonds is 7. The van der Waals surface area contributed by atoms with E-state index in [-0.39, 0.29) is 12.0 Å². The number of hydrogen-bond donors (Lipinski definition) is 3. The van der Waals surface area contributed by atoms with Gasteiger partial charge in [0.25, 0.3) is 0 Å². The summed E-state index contributed by atoms with van der Waals surface area (Å²) in [6.45, 7) is 3.14. The zero-order valence-corrected chi connectivity index (χ0v) is 15.7. The third kappa shape index (κ3) is 5.89. The van der Waals surface area contributed by atoms with Crippen LogP contribution in [0.25, 0.3) is 0 Å². The van der Waals surface area contributed by atoms with Crippen LogP contribution in [0.1, 0.15) is 29.5 Å². The van der Waals surface area contributed by atoms with E-state index >= 15 is 0 Å². The van der Waals surface area contributed by atoms with Crippen LogP contribution in [-0.4, -0.2) is 41.1 Å². The average Bonchev–Trinajstić information content (AvgIpc) is 2.69. The summed E-state index contributed by atoms with van der Waals surface area (Å²) in [5, 5.41) is 12.6. The molecule has 0 aliphatic carbocycles. The van der Waals surface area contributed by atoms with Gasteiger partial charge in [-0.15, -0.1) is 0 Å². The second-order valence-corrected chi connectivity index (χ2v) is 7.29. The lowest BCUT2D eigenvalue weighted by atomic mass is 10.0. The van der Waals surface area contributed by atoms with Gasteiger partial charge in [-0.05, 0) is 36.0 Å². The van der Waals surface area contributed by atoms with Gasteiger partial charge in [0.2, 0.25) is 5.91 Å². The third-order valence-electron chi connectivity index (χ3n) is 5.16. The summed E-state index contributed by atoms with van der Waals surface area (Å²) < 4.78 is 0. The average molecular weight is 367 g/mol. The van der Waals surface area contributed by atoms with Gasteiger partial charge < -0.3 is 16.2 Å². The van der Waals surface area contributed by atoms with Crippen LogP contribution >= 0.6 is 0 Å². The minimum Gasteiger partial charge on any atom is -0.393 e. The molecule has 0 bridgehead atoms. The van der Waals surface area contributed by atoms with Crippen molar-refractivity contribution < 1.29 is 9.90 Å². The number of piperidine rings is 1. The van der Waals surface area contributed by atoms with E-state index in [1.54, 1.807) is 0 Å². The summed E-state index contributed by atoms with van der Waals surface area (Å²) in [5.41, 5.74) is 9.46. The van der Waals surface area contributed by atoms with Crippen molar-refractivity contribution in [3.63, 3.8) is 0 Å². The molecule has 0 saturated carbocycles. The third-order valence-corrected chi connectivity index (χ3v) is 5.16. The van der Waals surface area contributed by atoms with Crippen molar-refractivity contribution in [1.29, 1.82) is 0 Å². The summed E-state index contributed by atoms with van der Waals surface area (Å²) in [7, 11) is 0. The number of nitrogens with two attached hydrogens (primary N) is 1. The molecule has 1 heterocycles. The highest BCUT2D eigenvalue weighted by atomic mass is 16.3. The first-order valence-corrected chi connectivity index (χ1v) is 9.66. The molecule has 1 saturated heterocycles. The van der Waals surface area contributed by atoms with Crippen molar-refractivity contribution in [1.82, 2.24) is 10.2 Å². The van der Waals surface area contributed by atoms with Crippen molar-refractivity contribution >= 4 is 5.91 Å². The molecule has 1 aliphatic heterocycles. The minimum absolute atomic E-state index is 0.130.